The Kier molecular flexibility index (Phi) is 4.95. The van der Waals surface area contributed by atoms with Gasteiger partial charge in [-0.1, -0.05) is 17.7 Å². The number of methoxy groups -OCH3 is 2. The standard InChI is InChI=1S/C16H16ClN3O2S/c1-21-15-6-11(12(17)7-16(15)22-2)9-18-8-10-3-4-13-14(5-10)20-23-19-13/h3-7,18H,8-9H2,1-2H3. The molecule has 0 radical (unpaired) electrons. The fourth-order valence-corrected chi connectivity index (χ4v) is 3.05. The van der Waals surface area contributed by atoms with E-state index in [1.807, 2.05) is 24.3 Å². The molecule has 5 nitrogen and oxygen atoms in total. The summed E-state index contributed by atoms with van der Waals surface area (Å²) >= 11 is 7.52. The first kappa shape index (κ1) is 16.0. The van der Waals surface area contributed by atoms with E-state index in [0.717, 1.165) is 28.7 Å². The summed E-state index contributed by atoms with van der Waals surface area (Å²) in [6.45, 7) is 1.35. The van der Waals surface area contributed by atoms with Crippen molar-refractivity contribution in [3.8, 4) is 11.5 Å². The van der Waals surface area contributed by atoms with Crippen molar-refractivity contribution >= 4 is 34.4 Å². The Morgan fingerprint density at radius 3 is 2.52 bits per heavy atom. The van der Waals surface area contributed by atoms with Gasteiger partial charge in [0.25, 0.3) is 0 Å². The third-order valence-electron chi connectivity index (χ3n) is 3.52. The molecule has 0 fully saturated rings. The Bertz CT molecular complexity index is 822. The average molecular weight is 350 g/mol. The summed E-state index contributed by atoms with van der Waals surface area (Å²) in [5.41, 5.74) is 3.97. The highest BCUT2D eigenvalue weighted by Gasteiger charge is 2.09. The summed E-state index contributed by atoms with van der Waals surface area (Å²) in [6.07, 6.45) is 0. The van der Waals surface area contributed by atoms with Crippen LogP contribution >= 0.6 is 23.3 Å². The lowest BCUT2D eigenvalue weighted by Crippen LogP contribution is -2.13. The van der Waals surface area contributed by atoms with Crippen molar-refractivity contribution in [3.05, 3.63) is 46.5 Å². The van der Waals surface area contributed by atoms with Crippen LogP contribution in [0.2, 0.25) is 5.02 Å². The van der Waals surface area contributed by atoms with Gasteiger partial charge in [0, 0.05) is 24.2 Å². The van der Waals surface area contributed by atoms with Gasteiger partial charge < -0.3 is 14.8 Å². The van der Waals surface area contributed by atoms with E-state index in [2.05, 4.69) is 14.1 Å². The summed E-state index contributed by atoms with van der Waals surface area (Å²) in [5, 5.41) is 4.03. The molecule has 1 aromatic heterocycles. The van der Waals surface area contributed by atoms with E-state index in [-0.39, 0.29) is 0 Å². The maximum Gasteiger partial charge on any atom is 0.162 e. The number of hydrogen-bond donors (Lipinski definition) is 1. The molecule has 0 saturated carbocycles. The number of benzene rings is 2. The smallest absolute Gasteiger partial charge is 0.162 e. The Morgan fingerprint density at radius 2 is 1.74 bits per heavy atom. The van der Waals surface area contributed by atoms with E-state index >= 15 is 0 Å². The fraction of sp³-hybridized carbons (Fsp3) is 0.250. The van der Waals surface area contributed by atoms with Gasteiger partial charge >= 0.3 is 0 Å². The zero-order valence-corrected chi connectivity index (χ0v) is 14.4. The summed E-state index contributed by atoms with van der Waals surface area (Å²) in [4.78, 5) is 0. The summed E-state index contributed by atoms with van der Waals surface area (Å²) < 4.78 is 19.0. The lowest BCUT2D eigenvalue weighted by atomic mass is 10.1. The van der Waals surface area contributed by atoms with Crippen LogP contribution in [-0.2, 0) is 13.1 Å². The summed E-state index contributed by atoms with van der Waals surface area (Å²) in [7, 11) is 3.20. The predicted molar refractivity (Wildman–Crippen MR) is 92.5 cm³/mol. The molecular weight excluding hydrogens is 334 g/mol. The highest BCUT2D eigenvalue weighted by Crippen LogP contribution is 2.33. The lowest BCUT2D eigenvalue weighted by molar-refractivity contribution is 0.354. The number of ether oxygens (including phenoxy) is 2. The van der Waals surface area contributed by atoms with Crippen molar-refractivity contribution in [1.29, 1.82) is 0 Å². The van der Waals surface area contributed by atoms with Gasteiger partial charge in [0.05, 0.1) is 25.9 Å². The molecule has 120 valence electrons. The number of halogens is 1. The molecule has 3 aromatic rings. The largest absolute Gasteiger partial charge is 0.493 e. The normalized spacial score (nSPS) is 10.9. The SMILES string of the molecule is COc1cc(Cl)c(CNCc2ccc3nsnc3c2)cc1OC. The van der Waals surface area contributed by atoms with Gasteiger partial charge in [0.15, 0.2) is 11.5 Å². The number of hydrogen-bond acceptors (Lipinski definition) is 6. The number of fused-ring (bicyclic) bond motifs is 1. The van der Waals surface area contributed by atoms with Crippen molar-refractivity contribution in [3.63, 3.8) is 0 Å². The van der Waals surface area contributed by atoms with Crippen LogP contribution in [0.3, 0.4) is 0 Å². The highest BCUT2D eigenvalue weighted by molar-refractivity contribution is 7.00. The first-order valence-electron chi connectivity index (χ1n) is 7.03. The molecule has 2 aromatic carbocycles. The second-order valence-electron chi connectivity index (χ2n) is 4.99. The van der Waals surface area contributed by atoms with Crippen molar-refractivity contribution in [2.75, 3.05) is 14.2 Å². The van der Waals surface area contributed by atoms with Crippen LogP contribution in [0.5, 0.6) is 11.5 Å². The van der Waals surface area contributed by atoms with Crippen LogP contribution in [0, 0.1) is 0 Å². The third kappa shape index (κ3) is 3.55. The van der Waals surface area contributed by atoms with E-state index in [1.54, 1.807) is 20.3 Å². The van der Waals surface area contributed by atoms with Gasteiger partial charge in [-0.3, -0.25) is 0 Å². The van der Waals surface area contributed by atoms with Crippen molar-refractivity contribution < 1.29 is 9.47 Å². The monoisotopic (exact) mass is 349 g/mol. The molecule has 0 atom stereocenters. The van der Waals surface area contributed by atoms with Gasteiger partial charge in [0.2, 0.25) is 0 Å². The average Bonchev–Trinajstić information content (AvgIpc) is 3.03. The maximum absolute atomic E-state index is 6.29. The zero-order chi connectivity index (χ0) is 16.2. The van der Waals surface area contributed by atoms with E-state index in [1.165, 1.54) is 11.7 Å². The number of rotatable bonds is 6. The summed E-state index contributed by atoms with van der Waals surface area (Å²) in [5.74, 6) is 1.30. The van der Waals surface area contributed by atoms with Crippen LogP contribution in [-0.4, -0.2) is 23.0 Å². The minimum absolute atomic E-state index is 0.628. The quantitative estimate of drug-likeness (QED) is 0.736. The first-order valence-corrected chi connectivity index (χ1v) is 8.14. The molecule has 0 aliphatic heterocycles. The molecule has 0 amide bonds. The Balaban J connectivity index is 1.68. The maximum atomic E-state index is 6.29. The minimum atomic E-state index is 0.628. The molecule has 7 heteroatoms. The van der Waals surface area contributed by atoms with E-state index in [9.17, 15) is 0 Å². The molecule has 0 aliphatic rings. The van der Waals surface area contributed by atoms with Crippen LogP contribution in [0.1, 0.15) is 11.1 Å². The first-order chi connectivity index (χ1) is 11.2. The zero-order valence-electron chi connectivity index (χ0n) is 12.8. The highest BCUT2D eigenvalue weighted by atomic mass is 35.5. The van der Waals surface area contributed by atoms with Gasteiger partial charge in [0.1, 0.15) is 11.0 Å². The van der Waals surface area contributed by atoms with Crippen LogP contribution in [0.25, 0.3) is 11.0 Å². The molecule has 1 heterocycles. The molecule has 1 N–H and O–H groups in total. The fourth-order valence-electron chi connectivity index (χ4n) is 2.31. The number of nitrogens with one attached hydrogen (secondary N) is 1. The number of nitrogens with zero attached hydrogens (tertiary/aromatic N) is 2. The minimum Gasteiger partial charge on any atom is -0.493 e. The van der Waals surface area contributed by atoms with Crippen LogP contribution in [0.4, 0.5) is 0 Å². The van der Waals surface area contributed by atoms with Crippen molar-refractivity contribution in [2.45, 2.75) is 13.1 Å². The lowest BCUT2D eigenvalue weighted by Gasteiger charge is -2.12. The Morgan fingerprint density at radius 1 is 1.00 bits per heavy atom. The molecule has 0 aliphatic carbocycles. The van der Waals surface area contributed by atoms with E-state index in [4.69, 9.17) is 21.1 Å². The second-order valence-corrected chi connectivity index (χ2v) is 5.93. The molecule has 23 heavy (non-hydrogen) atoms. The van der Waals surface area contributed by atoms with Crippen LogP contribution in [0.15, 0.2) is 30.3 Å². The predicted octanol–water partition coefficient (Wildman–Crippen LogP) is 3.65. The van der Waals surface area contributed by atoms with E-state index in [0.29, 0.717) is 23.1 Å². The second kappa shape index (κ2) is 7.12. The third-order valence-corrected chi connectivity index (χ3v) is 4.42. The van der Waals surface area contributed by atoms with Gasteiger partial charge in [-0.15, -0.1) is 0 Å². The van der Waals surface area contributed by atoms with Crippen molar-refractivity contribution in [1.82, 2.24) is 14.1 Å². The number of aromatic nitrogens is 2. The van der Waals surface area contributed by atoms with Gasteiger partial charge in [-0.25, -0.2) is 0 Å². The Labute approximate surface area is 143 Å². The molecular formula is C16H16ClN3O2S. The van der Waals surface area contributed by atoms with Crippen LogP contribution < -0.4 is 14.8 Å². The molecule has 0 saturated heterocycles. The summed E-state index contributed by atoms with van der Waals surface area (Å²) in [6, 6.07) is 9.74. The van der Waals surface area contributed by atoms with Gasteiger partial charge in [-0.05, 0) is 29.3 Å². The van der Waals surface area contributed by atoms with Gasteiger partial charge in [-0.2, -0.15) is 8.75 Å². The molecule has 0 unspecified atom stereocenters. The molecule has 0 spiro atoms. The molecule has 0 bridgehead atoms. The molecule has 3 rings (SSSR count). The van der Waals surface area contributed by atoms with E-state index < -0.39 is 0 Å². The topological polar surface area (TPSA) is 56.3 Å². The van der Waals surface area contributed by atoms with Crippen molar-refractivity contribution in [2.24, 2.45) is 0 Å². The Hall–Kier alpha value is -1.89.